The van der Waals surface area contributed by atoms with Crippen LogP contribution in [0.1, 0.15) is 76.6 Å². The van der Waals surface area contributed by atoms with Gasteiger partial charge in [-0.3, -0.25) is 19.2 Å². The van der Waals surface area contributed by atoms with Crippen molar-refractivity contribution in [3.63, 3.8) is 0 Å². The molecule has 14 heteroatoms. The van der Waals surface area contributed by atoms with Crippen LogP contribution in [0.2, 0.25) is 0 Å². The summed E-state index contributed by atoms with van der Waals surface area (Å²) in [6.45, 7) is 15.6. The van der Waals surface area contributed by atoms with Gasteiger partial charge < -0.3 is 39.0 Å². The van der Waals surface area contributed by atoms with Gasteiger partial charge in [0, 0.05) is 66.0 Å². The molecule has 0 saturated heterocycles. The number of ether oxygens (including phenoxy) is 4. The number of carbonyl (C=O) groups excluding carboxylic acids is 4. The van der Waals surface area contributed by atoms with Crippen LogP contribution in [0.15, 0.2) is 109 Å². The predicted molar refractivity (Wildman–Crippen MR) is 244 cm³/mol. The Labute approximate surface area is 376 Å². The summed E-state index contributed by atoms with van der Waals surface area (Å²) in [5.41, 5.74) is 4.75. The van der Waals surface area contributed by atoms with E-state index in [0.29, 0.717) is 12.2 Å². The fraction of sp³-hybridized carbons (Fsp3) is 0.360. The van der Waals surface area contributed by atoms with E-state index < -0.39 is 35.8 Å². The predicted octanol–water partition coefficient (Wildman–Crippen LogP) is 7.78. The topological polar surface area (TPSA) is 186 Å². The molecule has 0 aliphatic rings. The molecule has 14 nitrogen and oxygen atoms in total. The maximum absolute atomic E-state index is 11.4. The van der Waals surface area contributed by atoms with Crippen LogP contribution in [-0.2, 0) is 54.5 Å². The van der Waals surface area contributed by atoms with E-state index in [2.05, 4.69) is 72.2 Å². The van der Waals surface area contributed by atoms with Gasteiger partial charge in [-0.2, -0.15) is 0 Å². The number of nitrogens with zero attached hydrogens (tertiary/aromatic N) is 2. The van der Waals surface area contributed by atoms with Crippen LogP contribution in [0.25, 0.3) is 0 Å². The van der Waals surface area contributed by atoms with Crippen molar-refractivity contribution in [2.75, 3.05) is 39.3 Å². The van der Waals surface area contributed by atoms with Crippen molar-refractivity contribution in [1.29, 1.82) is 0 Å². The summed E-state index contributed by atoms with van der Waals surface area (Å²) >= 11 is 0. The standard InChI is InChI=1S/2C23H29NO4.C4H4O4/c2*1-4-14-24(15-12-20-8-6-5-7-9-20)16-13-21-10-11-22(27-18(2)25)23(17-21)28-19(3)26;5-3(6)1-2-4(7)8/h2*5-11,17H,4,12-16H2,1-3H3;1-2H,(H,5,6)(H,7,8)/b;;2-1+. The molecule has 0 aromatic heterocycles. The minimum Gasteiger partial charge on any atom is -0.478 e. The second-order valence-corrected chi connectivity index (χ2v) is 14.6. The molecular formula is C50H62N2O12. The number of carboxylic acids is 2. The Morgan fingerprint density at radius 3 is 1.00 bits per heavy atom. The molecular weight excluding hydrogens is 821 g/mol. The van der Waals surface area contributed by atoms with Crippen molar-refractivity contribution >= 4 is 35.8 Å². The third kappa shape index (κ3) is 24.1. The van der Waals surface area contributed by atoms with E-state index in [0.717, 1.165) is 88.9 Å². The van der Waals surface area contributed by atoms with E-state index in [1.54, 1.807) is 24.3 Å². The molecule has 64 heavy (non-hydrogen) atoms. The zero-order valence-electron chi connectivity index (χ0n) is 37.7. The van der Waals surface area contributed by atoms with E-state index in [-0.39, 0.29) is 23.0 Å². The summed E-state index contributed by atoms with van der Waals surface area (Å²) in [5, 5.41) is 15.6. The summed E-state index contributed by atoms with van der Waals surface area (Å²) < 4.78 is 20.7. The van der Waals surface area contributed by atoms with Gasteiger partial charge in [0.15, 0.2) is 23.0 Å². The van der Waals surface area contributed by atoms with Crippen LogP contribution in [0.3, 0.4) is 0 Å². The van der Waals surface area contributed by atoms with Gasteiger partial charge in [0.1, 0.15) is 0 Å². The Balaban J connectivity index is 0.000000376. The quantitative estimate of drug-likeness (QED) is 0.0443. The van der Waals surface area contributed by atoms with Gasteiger partial charge in [0.25, 0.3) is 0 Å². The second kappa shape index (κ2) is 30.4. The van der Waals surface area contributed by atoms with Crippen LogP contribution in [-0.4, -0.2) is 95.1 Å². The lowest BCUT2D eigenvalue weighted by Gasteiger charge is -2.22. The van der Waals surface area contributed by atoms with Crippen molar-refractivity contribution in [2.45, 2.75) is 80.1 Å². The van der Waals surface area contributed by atoms with Crippen molar-refractivity contribution in [2.24, 2.45) is 0 Å². The van der Waals surface area contributed by atoms with Crippen LogP contribution >= 0.6 is 0 Å². The van der Waals surface area contributed by atoms with E-state index in [9.17, 15) is 28.8 Å². The average Bonchev–Trinajstić information content (AvgIpc) is 3.24. The van der Waals surface area contributed by atoms with Gasteiger partial charge in [-0.25, -0.2) is 9.59 Å². The Morgan fingerprint density at radius 1 is 0.422 bits per heavy atom. The molecule has 0 atom stereocenters. The summed E-state index contributed by atoms with van der Waals surface area (Å²) in [5.74, 6) is -3.20. The molecule has 4 aromatic carbocycles. The Hall–Kier alpha value is -6.64. The van der Waals surface area contributed by atoms with Crippen molar-refractivity contribution in [3.05, 3.63) is 131 Å². The maximum atomic E-state index is 11.4. The highest BCUT2D eigenvalue weighted by Gasteiger charge is 2.14. The highest BCUT2D eigenvalue weighted by atomic mass is 16.6. The van der Waals surface area contributed by atoms with Crippen LogP contribution in [0.4, 0.5) is 0 Å². The monoisotopic (exact) mass is 882 g/mol. The molecule has 2 N–H and O–H groups in total. The third-order valence-electron chi connectivity index (χ3n) is 9.03. The van der Waals surface area contributed by atoms with Crippen LogP contribution < -0.4 is 18.9 Å². The molecule has 0 aliphatic heterocycles. The molecule has 344 valence electrons. The molecule has 0 spiro atoms. The maximum Gasteiger partial charge on any atom is 0.328 e. The van der Waals surface area contributed by atoms with Crippen molar-refractivity contribution in [1.82, 2.24) is 9.80 Å². The first kappa shape index (κ1) is 53.5. The molecule has 0 heterocycles. The van der Waals surface area contributed by atoms with Gasteiger partial charge in [-0.15, -0.1) is 0 Å². The van der Waals surface area contributed by atoms with Crippen LogP contribution in [0.5, 0.6) is 23.0 Å². The number of benzene rings is 4. The third-order valence-corrected chi connectivity index (χ3v) is 9.03. The minimum absolute atomic E-state index is 0.265. The minimum atomic E-state index is -1.26. The highest BCUT2D eigenvalue weighted by molar-refractivity contribution is 5.89. The van der Waals surface area contributed by atoms with Gasteiger partial charge in [0.05, 0.1) is 0 Å². The highest BCUT2D eigenvalue weighted by Crippen LogP contribution is 2.30. The smallest absolute Gasteiger partial charge is 0.328 e. The molecule has 0 saturated carbocycles. The summed E-state index contributed by atoms with van der Waals surface area (Å²) in [7, 11) is 0. The van der Waals surface area contributed by atoms with Gasteiger partial charge >= 0.3 is 35.8 Å². The number of rotatable bonds is 22. The second-order valence-electron chi connectivity index (χ2n) is 14.6. The van der Waals surface area contributed by atoms with E-state index in [1.807, 2.05) is 24.3 Å². The Kier molecular flexibility index (Phi) is 25.4. The summed E-state index contributed by atoms with van der Waals surface area (Å²) in [6.07, 6.45) is 6.99. The lowest BCUT2D eigenvalue weighted by atomic mass is 10.1. The number of carboxylic acid groups (broad SMARTS) is 2. The molecule has 0 aliphatic carbocycles. The number of hydrogen-bond donors (Lipinski definition) is 2. The number of carbonyl (C=O) groups is 6. The normalized spacial score (nSPS) is 10.6. The van der Waals surface area contributed by atoms with Gasteiger partial charge in [0.2, 0.25) is 0 Å². The number of hydrogen-bond acceptors (Lipinski definition) is 12. The van der Waals surface area contributed by atoms with E-state index in [1.165, 1.54) is 38.8 Å². The molecule has 0 amide bonds. The molecule has 0 radical (unpaired) electrons. The van der Waals surface area contributed by atoms with Crippen molar-refractivity contribution in [3.8, 4) is 23.0 Å². The van der Waals surface area contributed by atoms with Crippen molar-refractivity contribution < 1.29 is 57.9 Å². The fourth-order valence-corrected chi connectivity index (χ4v) is 6.25. The number of aliphatic carboxylic acids is 2. The fourth-order valence-electron chi connectivity index (χ4n) is 6.25. The zero-order valence-corrected chi connectivity index (χ0v) is 37.7. The first-order chi connectivity index (χ1) is 30.6. The first-order valence-electron chi connectivity index (χ1n) is 21.2. The van der Waals surface area contributed by atoms with Gasteiger partial charge in [-0.05, 0) is 98.1 Å². The summed E-state index contributed by atoms with van der Waals surface area (Å²) in [6, 6.07) is 31.7. The van der Waals surface area contributed by atoms with Crippen LogP contribution in [0, 0.1) is 0 Å². The summed E-state index contributed by atoms with van der Waals surface area (Å²) in [4.78, 5) is 69.2. The molecule has 4 aromatic rings. The Morgan fingerprint density at radius 2 is 0.719 bits per heavy atom. The molecule has 4 rings (SSSR count). The molecule has 0 fully saturated rings. The lowest BCUT2D eigenvalue weighted by Crippen LogP contribution is -2.29. The first-order valence-corrected chi connectivity index (χ1v) is 21.2. The van der Waals surface area contributed by atoms with Gasteiger partial charge in [-0.1, -0.05) is 86.6 Å². The Bertz CT molecular complexity index is 1960. The molecule has 0 unspecified atom stereocenters. The SMILES string of the molecule is CCCN(CCc1ccccc1)CCc1ccc(OC(C)=O)c(OC(C)=O)c1.CCCN(CCc1ccccc1)CCc1ccc(OC(C)=O)c(OC(C)=O)c1.O=C(O)/C=C/C(=O)O. The lowest BCUT2D eigenvalue weighted by molar-refractivity contribution is -0.134. The van der Waals surface area contributed by atoms with E-state index >= 15 is 0 Å². The largest absolute Gasteiger partial charge is 0.478 e. The van der Waals surface area contributed by atoms with E-state index in [4.69, 9.17) is 29.2 Å². The molecule has 0 bridgehead atoms. The average molecular weight is 883 g/mol. The number of esters is 4. The zero-order chi connectivity index (χ0) is 47.3.